The lowest BCUT2D eigenvalue weighted by atomic mass is 10.1. The lowest BCUT2D eigenvalue weighted by Gasteiger charge is -2.09. The van der Waals surface area contributed by atoms with Gasteiger partial charge in [-0.1, -0.05) is 30.3 Å². The molecule has 0 atom stereocenters. The molecular weight excluding hydrogens is 252 g/mol. The average Bonchev–Trinajstić information content (AvgIpc) is 2.79. The molecule has 0 radical (unpaired) electrons. The summed E-state index contributed by atoms with van der Waals surface area (Å²) in [7, 11) is 0. The van der Waals surface area contributed by atoms with Crippen molar-refractivity contribution >= 4 is 17.5 Å². The molecule has 0 unspecified atom stereocenters. The number of hydrogen-bond acceptors (Lipinski definition) is 2. The van der Waals surface area contributed by atoms with Crippen LogP contribution in [-0.4, -0.2) is 5.78 Å². The van der Waals surface area contributed by atoms with E-state index in [1.807, 2.05) is 23.9 Å². The summed E-state index contributed by atoms with van der Waals surface area (Å²) < 4.78 is 0. The van der Waals surface area contributed by atoms with E-state index in [2.05, 4.69) is 37.3 Å². The lowest BCUT2D eigenvalue weighted by Crippen LogP contribution is -1.94. The highest BCUT2D eigenvalue weighted by Crippen LogP contribution is 2.34. The third-order valence-electron chi connectivity index (χ3n) is 3.49. The molecule has 1 aliphatic carbocycles. The van der Waals surface area contributed by atoms with Crippen molar-refractivity contribution in [3.63, 3.8) is 0 Å². The monoisotopic (exact) mass is 268 g/mol. The number of aryl methyl sites for hydroxylation is 1. The maximum Gasteiger partial charge on any atom is 0.163 e. The van der Waals surface area contributed by atoms with Crippen molar-refractivity contribution < 1.29 is 4.79 Å². The average molecular weight is 268 g/mol. The number of rotatable bonds is 3. The number of Topliss-reactive ketones (excluding diaryl/α,β-unsaturated/α-hetero) is 1. The van der Waals surface area contributed by atoms with Crippen LogP contribution in [0.15, 0.2) is 47.4 Å². The number of ketones is 1. The molecule has 19 heavy (non-hydrogen) atoms. The molecule has 2 aromatic rings. The third-order valence-corrected chi connectivity index (χ3v) is 4.65. The maximum absolute atomic E-state index is 11.8. The largest absolute Gasteiger partial charge is 0.294 e. The lowest BCUT2D eigenvalue weighted by molar-refractivity contribution is 0.0994. The Hall–Kier alpha value is -1.54. The molecule has 0 spiro atoms. The van der Waals surface area contributed by atoms with Crippen LogP contribution in [0.4, 0.5) is 0 Å². The van der Waals surface area contributed by atoms with Crippen molar-refractivity contribution in [2.45, 2.75) is 30.4 Å². The summed E-state index contributed by atoms with van der Waals surface area (Å²) in [6, 6.07) is 14.7. The standard InChI is InChI=1S/C17H16OS/c1-12-9-15-14(7-8-16(15)18)17(10-12)19-11-13-5-3-2-4-6-13/h2-6,9-10H,7-8,11H2,1H3. The van der Waals surface area contributed by atoms with Crippen molar-refractivity contribution in [3.05, 3.63) is 64.7 Å². The van der Waals surface area contributed by atoms with E-state index in [4.69, 9.17) is 0 Å². The van der Waals surface area contributed by atoms with E-state index in [0.29, 0.717) is 12.2 Å². The van der Waals surface area contributed by atoms with Gasteiger partial charge in [-0.05, 0) is 42.2 Å². The second-order valence-electron chi connectivity index (χ2n) is 4.99. The van der Waals surface area contributed by atoms with Gasteiger partial charge in [0.05, 0.1) is 0 Å². The Balaban J connectivity index is 1.86. The molecule has 0 aliphatic heterocycles. The van der Waals surface area contributed by atoms with Crippen LogP contribution in [0.1, 0.15) is 33.5 Å². The van der Waals surface area contributed by atoms with E-state index in [-0.39, 0.29) is 0 Å². The first-order valence-corrected chi connectivity index (χ1v) is 7.56. The number of fused-ring (bicyclic) bond motifs is 1. The number of hydrogen-bond donors (Lipinski definition) is 0. The van der Waals surface area contributed by atoms with E-state index in [9.17, 15) is 4.79 Å². The van der Waals surface area contributed by atoms with Gasteiger partial charge in [-0.15, -0.1) is 11.8 Å². The normalized spacial score (nSPS) is 13.6. The summed E-state index contributed by atoms with van der Waals surface area (Å²) in [6.45, 7) is 2.07. The van der Waals surface area contributed by atoms with Gasteiger partial charge in [0.1, 0.15) is 0 Å². The molecule has 0 amide bonds. The number of benzene rings is 2. The molecule has 0 bridgehead atoms. The molecule has 1 aliphatic rings. The predicted molar refractivity (Wildman–Crippen MR) is 79.8 cm³/mol. The molecule has 0 aromatic heterocycles. The second-order valence-corrected chi connectivity index (χ2v) is 6.00. The molecular formula is C17H16OS. The van der Waals surface area contributed by atoms with Gasteiger partial charge in [-0.2, -0.15) is 0 Å². The second kappa shape index (κ2) is 5.22. The minimum atomic E-state index is 0.306. The number of carbonyl (C=O) groups is 1. The van der Waals surface area contributed by atoms with E-state index >= 15 is 0 Å². The molecule has 0 N–H and O–H groups in total. The Morgan fingerprint density at radius 3 is 2.68 bits per heavy atom. The van der Waals surface area contributed by atoms with E-state index in [0.717, 1.165) is 17.7 Å². The topological polar surface area (TPSA) is 17.1 Å². The fourth-order valence-electron chi connectivity index (χ4n) is 2.53. The number of thioether (sulfide) groups is 1. The van der Waals surface area contributed by atoms with Crippen LogP contribution in [0.2, 0.25) is 0 Å². The van der Waals surface area contributed by atoms with Crippen molar-refractivity contribution in [1.29, 1.82) is 0 Å². The van der Waals surface area contributed by atoms with Gasteiger partial charge < -0.3 is 0 Å². The maximum atomic E-state index is 11.8. The minimum Gasteiger partial charge on any atom is -0.294 e. The molecule has 0 heterocycles. The van der Waals surface area contributed by atoms with Crippen LogP contribution in [-0.2, 0) is 12.2 Å². The van der Waals surface area contributed by atoms with Gasteiger partial charge in [0.15, 0.2) is 5.78 Å². The zero-order chi connectivity index (χ0) is 13.2. The minimum absolute atomic E-state index is 0.306. The first-order chi connectivity index (χ1) is 9.24. The Morgan fingerprint density at radius 2 is 1.89 bits per heavy atom. The predicted octanol–water partition coefficient (Wildman–Crippen LogP) is 4.42. The Bertz CT molecular complexity index is 617. The van der Waals surface area contributed by atoms with Crippen molar-refractivity contribution in [2.24, 2.45) is 0 Å². The highest BCUT2D eigenvalue weighted by atomic mass is 32.2. The highest BCUT2D eigenvalue weighted by Gasteiger charge is 2.22. The molecule has 3 rings (SSSR count). The van der Waals surface area contributed by atoms with Crippen molar-refractivity contribution in [2.75, 3.05) is 0 Å². The summed E-state index contributed by atoms with van der Waals surface area (Å²) in [5, 5.41) is 0. The fraction of sp³-hybridized carbons (Fsp3) is 0.235. The van der Waals surface area contributed by atoms with Gasteiger partial charge >= 0.3 is 0 Å². The van der Waals surface area contributed by atoms with E-state index in [1.165, 1.54) is 21.6 Å². The molecule has 0 saturated carbocycles. The summed E-state index contributed by atoms with van der Waals surface area (Å²) in [4.78, 5) is 13.1. The van der Waals surface area contributed by atoms with E-state index < -0.39 is 0 Å². The molecule has 1 nitrogen and oxygen atoms in total. The third kappa shape index (κ3) is 2.59. The van der Waals surface area contributed by atoms with Crippen LogP contribution in [0.5, 0.6) is 0 Å². The van der Waals surface area contributed by atoms with Gasteiger partial charge in [0.2, 0.25) is 0 Å². The van der Waals surface area contributed by atoms with Gasteiger partial charge in [-0.25, -0.2) is 0 Å². The summed E-state index contributed by atoms with van der Waals surface area (Å²) in [6.07, 6.45) is 1.59. The van der Waals surface area contributed by atoms with Crippen LogP contribution in [0.3, 0.4) is 0 Å². The van der Waals surface area contributed by atoms with Crippen LogP contribution >= 0.6 is 11.8 Å². The van der Waals surface area contributed by atoms with Crippen LogP contribution in [0.25, 0.3) is 0 Å². The first kappa shape index (κ1) is 12.5. The smallest absolute Gasteiger partial charge is 0.163 e. The van der Waals surface area contributed by atoms with Crippen LogP contribution < -0.4 is 0 Å². The molecule has 0 saturated heterocycles. The number of carbonyl (C=O) groups excluding carboxylic acids is 1. The molecule has 96 valence electrons. The zero-order valence-corrected chi connectivity index (χ0v) is 11.8. The highest BCUT2D eigenvalue weighted by molar-refractivity contribution is 7.98. The Labute approximate surface area is 118 Å². The van der Waals surface area contributed by atoms with Crippen molar-refractivity contribution in [3.8, 4) is 0 Å². The van der Waals surface area contributed by atoms with E-state index in [1.54, 1.807) is 0 Å². The molecule has 2 aromatic carbocycles. The Kier molecular flexibility index (Phi) is 3.43. The summed E-state index contributed by atoms with van der Waals surface area (Å²) in [5.74, 6) is 1.27. The van der Waals surface area contributed by atoms with Gasteiger partial charge in [0.25, 0.3) is 0 Å². The van der Waals surface area contributed by atoms with Gasteiger partial charge in [-0.3, -0.25) is 4.79 Å². The fourth-order valence-corrected chi connectivity index (χ4v) is 3.70. The Morgan fingerprint density at radius 1 is 1.11 bits per heavy atom. The first-order valence-electron chi connectivity index (χ1n) is 6.57. The molecule has 2 heteroatoms. The molecule has 0 fully saturated rings. The quantitative estimate of drug-likeness (QED) is 0.767. The van der Waals surface area contributed by atoms with Crippen LogP contribution in [0, 0.1) is 6.92 Å². The van der Waals surface area contributed by atoms with Gasteiger partial charge in [0, 0.05) is 22.6 Å². The SMILES string of the molecule is Cc1cc(SCc2ccccc2)c2c(c1)C(=O)CC2. The summed E-state index contributed by atoms with van der Waals surface area (Å²) >= 11 is 1.84. The van der Waals surface area contributed by atoms with Crippen molar-refractivity contribution in [1.82, 2.24) is 0 Å². The zero-order valence-electron chi connectivity index (χ0n) is 11.0. The summed E-state index contributed by atoms with van der Waals surface area (Å²) in [5.41, 5.74) is 4.73.